The van der Waals surface area contributed by atoms with Crippen molar-refractivity contribution in [2.24, 2.45) is 23.7 Å². The van der Waals surface area contributed by atoms with Crippen molar-refractivity contribution in [3.05, 3.63) is 35.9 Å². The second-order valence-electron chi connectivity index (χ2n) is 9.66. The highest BCUT2D eigenvalue weighted by Gasteiger charge is 2.58. The van der Waals surface area contributed by atoms with Gasteiger partial charge in [0.15, 0.2) is 6.61 Å². The molecule has 0 amide bonds. The first-order chi connectivity index (χ1) is 15.2. The standard InChI is InChI=1S/C26H35F5O/c1-2-3-19-6-12-22(13-7-19)23-14-8-20(9-15-23)4-5-21-10-16-24(17-11-21)32-18-25(27,28)26(29,30)31/h4-5,10-11,16-17,19-20,22-23H,2-3,6-9,12-15,18H2,1H3. The van der Waals surface area contributed by atoms with E-state index in [1.807, 2.05) is 6.08 Å². The summed E-state index contributed by atoms with van der Waals surface area (Å²) in [5.74, 6) is -1.59. The molecule has 2 aliphatic carbocycles. The fourth-order valence-electron chi connectivity index (χ4n) is 5.34. The zero-order valence-corrected chi connectivity index (χ0v) is 18.8. The lowest BCUT2D eigenvalue weighted by molar-refractivity contribution is -0.290. The molecule has 0 aromatic heterocycles. The average Bonchev–Trinajstić information content (AvgIpc) is 2.77. The number of rotatable bonds is 8. The summed E-state index contributed by atoms with van der Waals surface area (Å²) in [6, 6.07) is 6.21. The Kier molecular flexibility index (Phi) is 8.62. The van der Waals surface area contributed by atoms with Gasteiger partial charge in [0.1, 0.15) is 5.75 Å². The van der Waals surface area contributed by atoms with Crippen LogP contribution in [0.25, 0.3) is 6.08 Å². The first kappa shape index (κ1) is 25.0. The Morgan fingerprint density at radius 3 is 1.94 bits per heavy atom. The first-order valence-corrected chi connectivity index (χ1v) is 12.0. The molecule has 0 atom stereocenters. The molecule has 0 bridgehead atoms. The minimum atomic E-state index is -5.61. The molecule has 1 aromatic carbocycles. The fourth-order valence-corrected chi connectivity index (χ4v) is 5.34. The van der Waals surface area contributed by atoms with Crippen LogP contribution in [0.1, 0.15) is 76.7 Å². The molecular weight excluding hydrogens is 423 g/mol. The topological polar surface area (TPSA) is 9.23 Å². The maximum atomic E-state index is 13.0. The number of hydrogen-bond donors (Lipinski definition) is 0. The second kappa shape index (κ2) is 11.0. The Bertz CT molecular complexity index is 709. The fraction of sp³-hybridized carbons (Fsp3) is 0.692. The van der Waals surface area contributed by atoms with E-state index < -0.39 is 18.7 Å². The molecule has 0 heterocycles. The predicted molar refractivity (Wildman–Crippen MR) is 118 cm³/mol. The molecule has 0 saturated heterocycles. The van der Waals surface area contributed by atoms with E-state index in [-0.39, 0.29) is 5.75 Å². The summed E-state index contributed by atoms with van der Waals surface area (Å²) < 4.78 is 67.2. The van der Waals surface area contributed by atoms with Crippen LogP contribution in [-0.4, -0.2) is 18.7 Å². The molecule has 180 valence electrons. The number of hydrogen-bond acceptors (Lipinski definition) is 1. The third-order valence-electron chi connectivity index (χ3n) is 7.35. The highest BCUT2D eigenvalue weighted by Crippen LogP contribution is 2.42. The summed E-state index contributed by atoms with van der Waals surface area (Å²) in [6.45, 7) is 0.568. The molecule has 2 saturated carbocycles. The van der Waals surface area contributed by atoms with Gasteiger partial charge in [-0.15, -0.1) is 0 Å². The van der Waals surface area contributed by atoms with Crippen LogP contribution >= 0.6 is 0 Å². The van der Waals surface area contributed by atoms with Crippen LogP contribution in [0.2, 0.25) is 0 Å². The predicted octanol–water partition coefficient (Wildman–Crippen LogP) is 8.69. The van der Waals surface area contributed by atoms with E-state index in [0.717, 1.165) is 23.3 Å². The number of halogens is 5. The number of allylic oxidation sites excluding steroid dienone is 1. The number of alkyl halides is 5. The van der Waals surface area contributed by atoms with Gasteiger partial charge in [0, 0.05) is 0 Å². The van der Waals surface area contributed by atoms with Gasteiger partial charge in [-0.05, 0) is 79.9 Å². The van der Waals surface area contributed by atoms with Crippen molar-refractivity contribution in [3.8, 4) is 5.75 Å². The molecule has 0 unspecified atom stereocenters. The van der Waals surface area contributed by atoms with Crippen molar-refractivity contribution < 1.29 is 26.7 Å². The third kappa shape index (κ3) is 6.95. The first-order valence-electron chi connectivity index (χ1n) is 12.0. The molecule has 2 fully saturated rings. The minimum Gasteiger partial charge on any atom is -0.487 e. The van der Waals surface area contributed by atoms with E-state index in [2.05, 4.69) is 17.7 Å². The van der Waals surface area contributed by atoms with Gasteiger partial charge in [-0.2, -0.15) is 22.0 Å². The van der Waals surface area contributed by atoms with Crippen LogP contribution < -0.4 is 4.74 Å². The molecule has 32 heavy (non-hydrogen) atoms. The molecule has 0 spiro atoms. The maximum Gasteiger partial charge on any atom is 0.456 e. The van der Waals surface area contributed by atoms with Crippen LogP contribution in [0.15, 0.2) is 30.3 Å². The van der Waals surface area contributed by atoms with Crippen molar-refractivity contribution in [2.45, 2.75) is 83.2 Å². The van der Waals surface area contributed by atoms with Gasteiger partial charge in [-0.25, -0.2) is 0 Å². The van der Waals surface area contributed by atoms with E-state index in [9.17, 15) is 22.0 Å². The molecular formula is C26H35F5O. The largest absolute Gasteiger partial charge is 0.487 e. The lowest BCUT2D eigenvalue weighted by atomic mass is 9.68. The lowest BCUT2D eigenvalue weighted by Crippen LogP contribution is -2.41. The Labute approximate surface area is 188 Å². The zero-order chi connectivity index (χ0) is 23.2. The van der Waals surface area contributed by atoms with E-state index >= 15 is 0 Å². The molecule has 6 heteroatoms. The van der Waals surface area contributed by atoms with Crippen LogP contribution in [-0.2, 0) is 0 Å². The van der Waals surface area contributed by atoms with Crippen molar-refractivity contribution in [1.29, 1.82) is 0 Å². The van der Waals surface area contributed by atoms with Crippen molar-refractivity contribution in [1.82, 2.24) is 0 Å². The Hall–Kier alpha value is -1.59. The van der Waals surface area contributed by atoms with Gasteiger partial charge < -0.3 is 4.74 Å². The molecule has 1 aromatic rings. The van der Waals surface area contributed by atoms with Crippen molar-refractivity contribution >= 4 is 6.08 Å². The van der Waals surface area contributed by atoms with Crippen LogP contribution in [0.5, 0.6) is 5.75 Å². The average molecular weight is 459 g/mol. The molecule has 3 rings (SSSR count). The van der Waals surface area contributed by atoms with Crippen LogP contribution in [0, 0.1) is 23.7 Å². The minimum absolute atomic E-state index is 0.000223. The monoisotopic (exact) mass is 458 g/mol. The molecule has 2 aliphatic rings. The Morgan fingerprint density at radius 1 is 0.844 bits per heavy atom. The van der Waals surface area contributed by atoms with Crippen LogP contribution in [0.3, 0.4) is 0 Å². The van der Waals surface area contributed by atoms with Gasteiger partial charge in [0.05, 0.1) is 0 Å². The van der Waals surface area contributed by atoms with Crippen molar-refractivity contribution in [3.63, 3.8) is 0 Å². The summed E-state index contributed by atoms with van der Waals surface area (Å²) in [5.41, 5.74) is 0.885. The van der Waals surface area contributed by atoms with Gasteiger partial charge >= 0.3 is 12.1 Å². The molecule has 0 aliphatic heterocycles. The highest BCUT2D eigenvalue weighted by molar-refractivity contribution is 5.50. The van der Waals surface area contributed by atoms with Gasteiger partial charge in [-0.3, -0.25) is 0 Å². The summed E-state index contributed by atoms with van der Waals surface area (Å²) in [4.78, 5) is 0. The molecule has 0 radical (unpaired) electrons. The normalized spacial score (nSPS) is 27.6. The van der Waals surface area contributed by atoms with Crippen molar-refractivity contribution in [2.75, 3.05) is 6.61 Å². The Balaban J connectivity index is 1.41. The number of benzene rings is 1. The van der Waals surface area contributed by atoms with E-state index in [0.29, 0.717) is 5.92 Å². The quantitative estimate of drug-likeness (QED) is 0.354. The van der Waals surface area contributed by atoms with E-state index in [4.69, 9.17) is 0 Å². The highest BCUT2D eigenvalue weighted by atomic mass is 19.4. The third-order valence-corrected chi connectivity index (χ3v) is 7.35. The summed E-state index contributed by atoms with van der Waals surface area (Å²) >= 11 is 0. The second-order valence-corrected chi connectivity index (χ2v) is 9.66. The van der Waals surface area contributed by atoms with Gasteiger partial charge in [0.25, 0.3) is 0 Å². The van der Waals surface area contributed by atoms with Gasteiger partial charge in [0.2, 0.25) is 0 Å². The molecule has 1 nitrogen and oxygen atoms in total. The maximum absolute atomic E-state index is 13.0. The van der Waals surface area contributed by atoms with Gasteiger partial charge in [-0.1, -0.05) is 56.9 Å². The van der Waals surface area contributed by atoms with E-state index in [1.165, 1.54) is 76.3 Å². The smallest absolute Gasteiger partial charge is 0.456 e. The molecule has 0 N–H and O–H groups in total. The summed E-state index contributed by atoms with van der Waals surface area (Å²) in [7, 11) is 0. The SMILES string of the molecule is CCCC1CCC(C2CCC(C=Cc3ccc(OCC(F)(F)C(F)(F)F)cc3)CC2)CC1. The Morgan fingerprint density at radius 2 is 1.41 bits per heavy atom. The lowest BCUT2D eigenvalue weighted by Gasteiger charge is -2.37. The van der Waals surface area contributed by atoms with Crippen LogP contribution in [0.4, 0.5) is 22.0 Å². The summed E-state index contributed by atoms with van der Waals surface area (Å²) in [6.07, 6.45) is 11.9. The zero-order valence-electron chi connectivity index (χ0n) is 18.8. The summed E-state index contributed by atoms with van der Waals surface area (Å²) in [5, 5.41) is 0. The van der Waals surface area contributed by atoms with E-state index in [1.54, 1.807) is 12.1 Å². The number of ether oxygens (including phenoxy) is 1.